The van der Waals surface area contributed by atoms with Crippen LogP contribution in [0.2, 0.25) is 0 Å². The summed E-state index contributed by atoms with van der Waals surface area (Å²) in [4.78, 5) is 1.33. The fraction of sp³-hybridized carbons (Fsp3) is 0.692. The molecular formula is C13H22N2O2S3. The average molecular weight is 335 g/mol. The van der Waals surface area contributed by atoms with Crippen molar-refractivity contribution in [2.75, 3.05) is 18.8 Å². The maximum Gasteiger partial charge on any atom is 0.241 e. The molecule has 7 heteroatoms. The lowest BCUT2D eigenvalue weighted by Crippen LogP contribution is -2.30. The summed E-state index contributed by atoms with van der Waals surface area (Å²) in [6, 6.07) is 1.71. The zero-order valence-electron chi connectivity index (χ0n) is 11.7. The van der Waals surface area contributed by atoms with Gasteiger partial charge in [-0.2, -0.15) is 11.8 Å². The van der Waals surface area contributed by atoms with Crippen molar-refractivity contribution in [3.8, 4) is 0 Å². The van der Waals surface area contributed by atoms with Gasteiger partial charge in [-0.3, -0.25) is 0 Å². The Morgan fingerprint density at radius 2 is 2.30 bits per heavy atom. The third-order valence-electron chi connectivity index (χ3n) is 3.23. The molecule has 1 unspecified atom stereocenters. The van der Waals surface area contributed by atoms with E-state index >= 15 is 0 Å². The van der Waals surface area contributed by atoms with Gasteiger partial charge in [0.05, 0.1) is 4.90 Å². The van der Waals surface area contributed by atoms with Crippen LogP contribution in [0.4, 0.5) is 0 Å². The van der Waals surface area contributed by atoms with Crippen LogP contribution in [0, 0.1) is 0 Å². The van der Waals surface area contributed by atoms with Crippen molar-refractivity contribution in [2.24, 2.45) is 0 Å². The summed E-state index contributed by atoms with van der Waals surface area (Å²) in [5.41, 5.74) is 0. The standard InChI is InChI=1S/C13H22N2O2S3/c1-2-6-14-10-12-13(5-8-19-12)20(16,17)15-9-11-4-3-7-18-11/h5,8,11,14-15H,2-4,6-7,9-10H2,1H3. The highest BCUT2D eigenvalue weighted by Gasteiger charge is 2.22. The lowest BCUT2D eigenvalue weighted by atomic mass is 10.2. The maximum absolute atomic E-state index is 12.4. The number of sulfonamides is 1. The van der Waals surface area contributed by atoms with E-state index in [-0.39, 0.29) is 0 Å². The summed E-state index contributed by atoms with van der Waals surface area (Å²) < 4.78 is 27.5. The molecule has 114 valence electrons. The molecule has 0 saturated carbocycles. The minimum atomic E-state index is -3.37. The van der Waals surface area contributed by atoms with Gasteiger partial charge in [0, 0.05) is 23.2 Å². The van der Waals surface area contributed by atoms with Gasteiger partial charge in [0.15, 0.2) is 0 Å². The van der Waals surface area contributed by atoms with Gasteiger partial charge in [-0.15, -0.1) is 11.3 Å². The molecule has 1 aromatic rings. The van der Waals surface area contributed by atoms with Gasteiger partial charge in [0.2, 0.25) is 10.0 Å². The molecule has 1 aliphatic rings. The summed E-state index contributed by atoms with van der Waals surface area (Å²) >= 11 is 3.36. The van der Waals surface area contributed by atoms with Crippen LogP contribution in [-0.2, 0) is 16.6 Å². The van der Waals surface area contributed by atoms with Crippen LogP contribution in [0.15, 0.2) is 16.3 Å². The van der Waals surface area contributed by atoms with Crippen molar-refractivity contribution in [3.05, 3.63) is 16.3 Å². The third kappa shape index (κ3) is 4.46. The zero-order chi connectivity index (χ0) is 14.4. The van der Waals surface area contributed by atoms with Gasteiger partial charge in [-0.05, 0) is 43.0 Å². The van der Waals surface area contributed by atoms with E-state index in [9.17, 15) is 8.42 Å². The molecule has 0 bridgehead atoms. The largest absolute Gasteiger partial charge is 0.312 e. The number of rotatable bonds is 8. The molecule has 2 N–H and O–H groups in total. The fourth-order valence-corrected chi connectivity index (χ4v) is 5.96. The smallest absolute Gasteiger partial charge is 0.241 e. The second kappa shape index (κ2) is 7.79. The minimum Gasteiger partial charge on any atom is -0.312 e. The summed E-state index contributed by atoms with van der Waals surface area (Å²) in [7, 11) is -3.37. The fourth-order valence-electron chi connectivity index (χ4n) is 2.16. The Balaban J connectivity index is 1.95. The molecule has 20 heavy (non-hydrogen) atoms. The predicted molar refractivity (Wildman–Crippen MR) is 87.0 cm³/mol. The van der Waals surface area contributed by atoms with Crippen LogP contribution in [0.25, 0.3) is 0 Å². The lowest BCUT2D eigenvalue weighted by Gasteiger charge is -2.11. The second-order valence-corrected chi connectivity index (χ2v) is 9.02. The first-order valence-corrected chi connectivity index (χ1v) is 10.4. The minimum absolute atomic E-state index is 0.435. The molecule has 0 amide bonds. The van der Waals surface area contributed by atoms with Gasteiger partial charge in [-0.25, -0.2) is 13.1 Å². The summed E-state index contributed by atoms with van der Waals surface area (Å²) in [6.07, 6.45) is 3.36. The van der Waals surface area contributed by atoms with Gasteiger partial charge in [-0.1, -0.05) is 6.92 Å². The molecule has 0 spiro atoms. The quantitative estimate of drug-likeness (QED) is 0.717. The summed E-state index contributed by atoms with van der Waals surface area (Å²) in [6.45, 7) is 4.17. The number of thioether (sulfide) groups is 1. The predicted octanol–water partition coefficient (Wildman–Crippen LogP) is 2.42. The van der Waals surface area contributed by atoms with E-state index in [2.05, 4.69) is 17.0 Å². The Hall–Kier alpha value is -0.0800. The highest BCUT2D eigenvalue weighted by atomic mass is 32.2. The van der Waals surface area contributed by atoms with Gasteiger partial charge in [0.25, 0.3) is 0 Å². The SMILES string of the molecule is CCCNCc1sccc1S(=O)(=O)NCC1CCCS1. The Labute approximate surface area is 129 Å². The summed E-state index contributed by atoms with van der Waals surface area (Å²) in [5.74, 6) is 1.15. The Morgan fingerprint density at radius 1 is 1.45 bits per heavy atom. The van der Waals surface area contributed by atoms with Crippen molar-refractivity contribution >= 4 is 33.1 Å². The van der Waals surface area contributed by atoms with Crippen molar-refractivity contribution in [1.82, 2.24) is 10.0 Å². The van der Waals surface area contributed by atoms with Crippen LogP contribution in [-0.4, -0.2) is 32.5 Å². The first-order chi connectivity index (χ1) is 9.63. The van der Waals surface area contributed by atoms with Crippen LogP contribution in [0.1, 0.15) is 31.1 Å². The Morgan fingerprint density at radius 3 is 3.00 bits per heavy atom. The molecule has 1 aliphatic heterocycles. The molecule has 1 fully saturated rings. The van der Waals surface area contributed by atoms with Crippen molar-refractivity contribution in [1.29, 1.82) is 0 Å². The number of nitrogens with one attached hydrogen (secondary N) is 2. The third-order valence-corrected chi connectivity index (χ3v) is 7.19. The molecule has 1 saturated heterocycles. The van der Waals surface area contributed by atoms with Gasteiger partial charge in [0.1, 0.15) is 0 Å². The molecule has 1 aromatic heterocycles. The second-order valence-electron chi connectivity index (χ2n) is 4.87. The van der Waals surface area contributed by atoms with E-state index in [0.29, 0.717) is 23.2 Å². The zero-order valence-corrected chi connectivity index (χ0v) is 14.2. The van der Waals surface area contributed by atoms with Crippen molar-refractivity contribution in [3.63, 3.8) is 0 Å². The van der Waals surface area contributed by atoms with E-state index < -0.39 is 10.0 Å². The van der Waals surface area contributed by atoms with Crippen LogP contribution in [0.3, 0.4) is 0 Å². The van der Waals surface area contributed by atoms with E-state index in [0.717, 1.165) is 30.0 Å². The number of hydrogen-bond acceptors (Lipinski definition) is 5. The van der Waals surface area contributed by atoms with E-state index in [1.54, 1.807) is 6.07 Å². The lowest BCUT2D eigenvalue weighted by molar-refractivity contribution is 0.577. The molecule has 0 aliphatic carbocycles. The topological polar surface area (TPSA) is 58.2 Å². The van der Waals surface area contributed by atoms with E-state index in [4.69, 9.17) is 0 Å². The summed E-state index contributed by atoms with van der Waals surface area (Å²) in [5, 5.41) is 5.55. The highest BCUT2D eigenvalue weighted by molar-refractivity contribution is 8.00. The molecular weight excluding hydrogens is 312 g/mol. The van der Waals surface area contributed by atoms with Crippen molar-refractivity contribution in [2.45, 2.75) is 42.9 Å². The first kappa shape index (κ1) is 16.3. The Kier molecular flexibility index (Phi) is 6.35. The first-order valence-electron chi connectivity index (χ1n) is 7.02. The van der Waals surface area contributed by atoms with E-state index in [1.165, 1.54) is 17.8 Å². The van der Waals surface area contributed by atoms with Gasteiger partial charge < -0.3 is 5.32 Å². The molecule has 4 nitrogen and oxygen atoms in total. The average Bonchev–Trinajstić information content (AvgIpc) is 3.08. The number of hydrogen-bond donors (Lipinski definition) is 2. The number of thiophene rings is 1. The molecule has 1 atom stereocenters. The maximum atomic E-state index is 12.4. The van der Waals surface area contributed by atoms with Crippen LogP contribution < -0.4 is 10.0 Å². The highest BCUT2D eigenvalue weighted by Crippen LogP contribution is 2.26. The molecule has 2 heterocycles. The molecule has 0 aromatic carbocycles. The van der Waals surface area contributed by atoms with Crippen LogP contribution in [0.5, 0.6) is 0 Å². The normalized spacial score (nSPS) is 19.6. The van der Waals surface area contributed by atoms with Gasteiger partial charge >= 0.3 is 0 Å². The van der Waals surface area contributed by atoms with Crippen molar-refractivity contribution < 1.29 is 8.42 Å². The molecule has 0 radical (unpaired) electrons. The monoisotopic (exact) mass is 334 g/mol. The van der Waals surface area contributed by atoms with E-state index in [1.807, 2.05) is 17.1 Å². The Bertz CT molecular complexity index is 507. The molecule has 2 rings (SSSR count). The van der Waals surface area contributed by atoms with Crippen LogP contribution >= 0.6 is 23.1 Å².